The van der Waals surface area contributed by atoms with Crippen LogP contribution in [0.1, 0.15) is 56.7 Å². The highest BCUT2D eigenvalue weighted by molar-refractivity contribution is 5.00. The van der Waals surface area contributed by atoms with Crippen LogP contribution in [0.4, 0.5) is 0 Å². The number of aromatic nitrogens is 2. The zero-order chi connectivity index (χ0) is 13.8. The molecule has 1 aromatic rings. The predicted octanol–water partition coefficient (Wildman–Crippen LogP) is 2.57. The highest BCUT2D eigenvalue weighted by atomic mass is 15.3. The zero-order valence-corrected chi connectivity index (χ0v) is 12.7. The molecule has 0 spiro atoms. The highest BCUT2D eigenvalue weighted by Gasteiger charge is 2.18. The van der Waals surface area contributed by atoms with Gasteiger partial charge in [-0.3, -0.25) is 9.58 Å². The summed E-state index contributed by atoms with van der Waals surface area (Å²) in [5, 5.41) is 8.40. The van der Waals surface area contributed by atoms with Crippen molar-refractivity contribution in [1.82, 2.24) is 20.0 Å². The van der Waals surface area contributed by atoms with Crippen LogP contribution in [0.3, 0.4) is 0 Å². The van der Waals surface area contributed by atoms with Gasteiger partial charge < -0.3 is 5.32 Å². The van der Waals surface area contributed by atoms with Crippen molar-refractivity contribution in [3.05, 3.63) is 18.0 Å². The molecule has 1 atom stereocenters. The summed E-state index contributed by atoms with van der Waals surface area (Å²) in [7, 11) is 2.21. The van der Waals surface area contributed by atoms with Gasteiger partial charge in [-0.2, -0.15) is 5.10 Å². The van der Waals surface area contributed by atoms with Crippen LogP contribution in [-0.2, 0) is 6.54 Å². The second-order valence-electron chi connectivity index (χ2n) is 6.57. The molecule has 1 N–H and O–H groups in total. The second-order valence-corrected chi connectivity index (χ2v) is 6.57. The number of rotatable bonds is 5. The molecule has 1 aromatic heterocycles. The van der Waals surface area contributed by atoms with Gasteiger partial charge in [-0.05, 0) is 45.3 Å². The second kappa shape index (κ2) is 6.72. The smallest absolute Gasteiger partial charge is 0.0764 e. The van der Waals surface area contributed by atoms with E-state index in [1.165, 1.54) is 57.2 Å². The van der Waals surface area contributed by atoms with Gasteiger partial charge in [0.25, 0.3) is 0 Å². The lowest BCUT2D eigenvalue weighted by Gasteiger charge is -2.27. The lowest BCUT2D eigenvalue weighted by molar-refractivity contribution is 0.253. The third-order valence-electron chi connectivity index (χ3n) is 4.74. The van der Waals surface area contributed by atoms with E-state index in [9.17, 15) is 0 Å². The molecule has 0 radical (unpaired) electrons. The number of likely N-dealkylation sites (N-methyl/N-ethyl adjacent to an activating group) is 1. The molecule has 112 valence electrons. The summed E-state index contributed by atoms with van der Waals surface area (Å²) in [6.45, 7) is 3.29. The molecule has 0 bridgehead atoms. The molecule has 0 amide bonds. The molecule has 2 heterocycles. The van der Waals surface area contributed by atoms with Gasteiger partial charge in [0.1, 0.15) is 0 Å². The van der Waals surface area contributed by atoms with E-state index in [0.717, 1.165) is 13.1 Å². The molecule has 1 saturated heterocycles. The van der Waals surface area contributed by atoms with Crippen molar-refractivity contribution in [3.63, 3.8) is 0 Å². The third kappa shape index (κ3) is 3.61. The third-order valence-corrected chi connectivity index (χ3v) is 4.74. The average Bonchev–Trinajstić information content (AvgIpc) is 3.10. The van der Waals surface area contributed by atoms with Crippen LogP contribution in [0.2, 0.25) is 0 Å². The molecular weight excluding hydrogens is 248 g/mol. The predicted molar refractivity (Wildman–Crippen MR) is 81.7 cm³/mol. The first-order valence-corrected chi connectivity index (χ1v) is 8.27. The van der Waals surface area contributed by atoms with Crippen molar-refractivity contribution < 1.29 is 0 Å². The van der Waals surface area contributed by atoms with Gasteiger partial charge in [-0.1, -0.05) is 19.3 Å². The normalized spacial score (nSPS) is 24.6. The standard InChI is InChI=1S/C16H28N4/c1-19(12-14-6-4-5-10-17-14)13-15-9-11-20(18-15)16-7-2-3-8-16/h9,11,14,16-17H,2-8,10,12-13H2,1H3. The Hall–Kier alpha value is -0.870. The number of nitrogens with zero attached hydrogens (tertiary/aromatic N) is 3. The van der Waals surface area contributed by atoms with Crippen LogP contribution in [0, 0.1) is 0 Å². The maximum absolute atomic E-state index is 4.78. The lowest BCUT2D eigenvalue weighted by atomic mass is 10.0. The minimum absolute atomic E-state index is 0.661. The van der Waals surface area contributed by atoms with E-state index < -0.39 is 0 Å². The number of hydrogen-bond acceptors (Lipinski definition) is 3. The van der Waals surface area contributed by atoms with Gasteiger partial charge in [-0.25, -0.2) is 0 Å². The van der Waals surface area contributed by atoms with Crippen molar-refractivity contribution in [3.8, 4) is 0 Å². The maximum atomic E-state index is 4.78. The summed E-state index contributed by atoms with van der Waals surface area (Å²) in [6, 6.07) is 3.53. The quantitative estimate of drug-likeness (QED) is 0.897. The summed E-state index contributed by atoms with van der Waals surface area (Å²) < 4.78 is 2.20. The SMILES string of the molecule is CN(Cc1ccn(C2CCCC2)n1)CC1CCCCN1. The van der Waals surface area contributed by atoms with E-state index in [1.807, 2.05) is 0 Å². The zero-order valence-electron chi connectivity index (χ0n) is 12.7. The molecular formula is C16H28N4. The Morgan fingerprint density at radius 2 is 2.05 bits per heavy atom. The molecule has 1 unspecified atom stereocenters. The molecule has 2 fully saturated rings. The van der Waals surface area contributed by atoms with Gasteiger partial charge in [0.15, 0.2) is 0 Å². The number of hydrogen-bond donors (Lipinski definition) is 1. The Bertz CT molecular complexity index is 402. The molecule has 20 heavy (non-hydrogen) atoms. The van der Waals surface area contributed by atoms with Crippen LogP contribution < -0.4 is 5.32 Å². The first kappa shape index (κ1) is 14.1. The molecule has 1 aliphatic carbocycles. The van der Waals surface area contributed by atoms with E-state index >= 15 is 0 Å². The van der Waals surface area contributed by atoms with Gasteiger partial charge in [-0.15, -0.1) is 0 Å². The summed E-state index contributed by atoms with van der Waals surface area (Å²) >= 11 is 0. The van der Waals surface area contributed by atoms with Gasteiger partial charge >= 0.3 is 0 Å². The van der Waals surface area contributed by atoms with Crippen LogP contribution in [0.5, 0.6) is 0 Å². The van der Waals surface area contributed by atoms with Crippen LogP contribution >= 0.6 is 0 Å². The maximum Gasteiger partial charge on any atom is 0.0764 e. The molecule has 4 heteroatoms. The number of piperidine rings is 1. The first-order valence-electron chi connectivity index (χ1n) is 8.27. The lowest BCUT2D eigenvalue weighted by Crippen LogP contribution is -2.42. The Morgan fingerprint density at radius 1 is 1.25 bits per heavy atom. The first-order chi connectivity index (χ1) is 9.81. The van der Waals surface area contributed by atoms with Crippen molar-refractivity contribution >= 4 is 0 Å². The average molecular weight is 276 g/mol. The number of nitrogens with one attached hydrogen (secondary N) is 1. The molecule has 1 aliphatic heterocycles. The van der Waals surface area contributed by atoms with Gasteiger partial charge in [0.2, 0.25) is 0 Å². The minimum atomic E-state index is 0.661. The Balaban J connectivity index is 1.49. The van der Waals surface area contributed by atoms with Crippen molar-refractivity contribution in [2.24, 2.45) is 0 Å². The van der Waals surface area contributed by atoms with Crippen molar-refractivity contribution in [2.45, 2.75) is 63.6 Å². The van der Waals surface area contributed by atoms with E-state index in [0.29, 0.717) is 12.1 Å². The summed E-state index contributed by atoms with van der Waals surface area (Å²) in [4.78, 5) is 2.41. The minimum Gasteiger partial charge on any atom is -0.313 e. The van der Waals surface area contributed by atoms with Crippen LogP contribution in [-0.4, -0.2) is 40.9 Å². The summed E-state index contributed by atoms with van der Waals surface area (Å²) in [5.74, 6) is 0. The Labute approximate surface area is 122 Å². The van der Waals surface area contributed by atoms with Gasteiger partial charge in [0.05, 0.1) is 11.7 Å². The van der Waals surface area contributed by atoms with Crippen molar-refractivity contribution in [1.29, 1.82) is 0 Å². The summed E-state index contributed by atoms with van der Waals surface area (Å²) in [5.41, 5.74) is 1.22. The molecule has 0 aromatic carbocycles. The Kier molecular flexibility index (Phi) is 4.73. The topological polar surface area (TPSA) is 33.1 Å². The monoisotopic (exact) mass is 276 g/mol. The van der Waals surface area contributed by atoms with E-state index in [1.54, 1.807) is 0 Å². The highest BCUT2D eigenvalue weighted by Crippen LogP contribution is 2.28. The van der Waals surface area contributed by atoms with Crippen molar-refractivity contribution in [2.75, 3.05) is 20.1 Å². The fourth-order valence-electron chi connectivity index (χ4n) is 3.63. The van der Waals surface area contributed by atoms with E-state index in [-0.39, 0.29) is 0 Å². The molecule has 2 aliphatic rings. The van der Waals surface area contributed by atoms with E-state index in [2.05, 4.69) is 34.2 Å². The Morgan fingerprint density at radius 3 is 2.80 bits per heavy atom. The molecule has 4 nitrogen and oxygen atoms in total. The summed E-state index contributed by atoms with van der Waals surface area (Å²) in [6.07, 6.45) is 11.6. The van der Waals surface area contributed by atoms with Crippen LogP contribution in [0.25, 0.3) is 0 Å². The molecule has 1 saturated carbocycles. The fraction of sp³-hybridized carbons (Fsp3) is 0.812. The largest absolute Gasteiger partial charge is 0.313 e. The fourth-order valence-corrected chi connectivity index (χ4v) is 3.63. The molecule has 3 rings (SSSR count). The van der Waals surface area contributed by atoms with Gasteiger partial charge in [0, 0.05) is 25.3 Å². The van der Waals surface area contributed by atoms with Crippen LogP contribution in [0.15, 0.2) is 12.3 Å². The van der Waals surface area contributed by atoms with E-state index in [4.69, 9.17) is 5.10 Å².